The molecule has 0 bridgehead atoms. The molecule has 0 fully saturated rings. The summed E-state index contributed by atoms with van der Waals surface area (Å²) in [6.07, 6.45) is 0.900. The van der Waals surface area contributed by atoms with Crippen molar-refractivity contribution in [3.63, 3.8) is 0 Å². The van der Waals surface area contributed by atoms with E-state index in [4.69, 9.17) is 16.3 Å². The lowest BCUT2D eigenvalue weighted by molar-refractivity contribution is 0.0734. The Kier molecular flexibility index (Phi) is 6.12. The molecule has 0 aliphatic carbocycles. The molecule has 1 aliphatic heterocycles. The van der Waals surface area contributed by atoms with E-state index >= 15 is 0 Å². The number of methoxy groups -OCH3 is 1. The summed E-state index contributed by atoms with van der Waals surface area (Å²) < 4.78 is 5.52. The zero-order chi connectivity index (χ0) is 20.2. The van der Waals surface area contributed by atoms with Crippen LogP contribution < -0.4 is 4.74 Å². The van der Waals surface area contributed by atoms with Gasteiger partial charge in [-0.2, -0.15) is 0 Å². The SMILES string of the molecule is COc1ccc(C(=O)N2CCc3ccccc3C2)cc1CSc1ccc(Cl)cc1. The number of carbonyl (C=O) groups excluding carboxylic acids is 1. The Balaban J connectivity index is 1.51. The first kappa shape index (κ1) is 19.9. The van der Waals surface area contributed by atoms with Crippen molar-refractivity contribution in [3.8, 4) is 5.75 Å². The van der Waals surface area contributed by atoms with Crippen molar-refractivity contribution in [3.05, 3.63) is 94.0 Å². The van der Waals surface area contributed by atoms with Crippen LogP contribution >= 0.6 is 23.4 Å². The predicted molar refractivity (Wildman–Crippen MR) is 119 cm³/mol. The first-order valence-corrected chi connectivity index (χ1v) is 10.9. The molecule has 0 aromatic heterocycles. The molecule has 29 heavy (non-hydrogen) atoms. The molecule has 4 rings (SSSR count). The van der Waals surface area contributed by atoms with E-state index in [-0.39, 0.29) is 5.91 Å². The maximum Gasteiger partial charge on any atom is 0.254 e. The molecule has 148 valence electrons. The summed E-state index contributed by atoms with van der Waals surface area (Å²) in [6, 6.07) is 21.8. The Morgan fingerprint density at radius 2 is 1.83 bits per heavy atom. The number of benzene rings is 3. The van der Waals surface area contributed by atoms with Crippen LogP contribution in [0.5, 0.6) is 5.75 Å². The van der Waals surface area contributed by atoms with Crippen LogP contribution in [0.1, 0.15) is 27.0 Å². The van der Waals surface area contributed by atoms with Crippen LogP contribution in [0, 0.1) is 0 Å². The fourth-order valence-electron chi connectivity index (χ4n) is 3.57. The van der Waals surface area contributed by atoms with E-state index in [0.29, 0.717) is 12.1 Å². The number of nitrogens with zero attached hydrogens (tertiary/aromatic N) is 1. The summed E-state index contributed by atoms with van der Waals surface area (Å²) in [5.74, 6) is 1.58. The number of ether oxygens (including phenoxy) is 1. The van der Waals surface area contributed by atoms with Crippen LogP contribution in [0.3, 0.4) is 0 Å². The molecule has 1 aliphatic rings. The molecule has 0 saturated heterocycles. The molecule has 0 radical (unpaired) electrons. The molecule has 3 aromatic rings. The van der Waals surface area contributed by atoms with Crippen molar-refractivity contribution in [2.45, 2.75) is 23.6 Å². The van der Waals surface area contributed by atoms with Crippen molar-refractivity contribution >= 4 is 29.3 Å². The minimum atomic E-state index is 0.0694. The first-order chi connectivity index (χ1) is 14.1. The van der Waals surface area contributed by atoms with Gasteiger partial charge in [0.25, 0.3) is 5.91 Å². The number of carbonyl (C=O) groups is 1. The van der Waals surface area contributed by atoms with Crippen LogP contribution in [0.25, 0.3) is 0 Å². The Morgan fingerprint density at radius 3 is 2.59 bits per heavy atom. The Bertz CT molecular complexity index is 1020. The Labute approximate surface area is 180 Å². The van der Waals surface area contributed by atoms with Gasteiger partial charge < -0.3 is 9.64 Å². The average molecular weight is 424 g/mol. The highest BCUT2D eigenvalue weighted by atomic mass is 35.5. The zero-order valence-corrected chi connectivity index (χ0v) is 17.8. The van der Waals surface area contributed by atoms with E-state index in [2.05, 4.69) is 18.2 Å². The summed E-state index contributed by atoms with van der Waals surface area (Å²) >= 11 is 7.66. The van der Waals surface area contributed by atoms with Crippen LogP contribution in [-0.2, 0) is 18.7 Å². The van der Waals surface area contributed by atoms with Gasteiger partial charge in [0.05, 0.1) is 7.11 Å². The van der Waals surface area contributed by atoms with Crippen LogP contribution in [-0.4, -0.2) is 24.5 Å². The largest absolute Gasteiger partial charge is 0.496 e. The van der Waals surface area contributed by atoms with Gasteiger partial charge in [-0.25, -0.2) is 0 Å². The highest BCUT2D eigenvalue weighted by Crippen LogP contribution is 2.30. The van der Waals surface area contributed by atoms with Crippen molar-refractivity contribution in [1.29, 1.82) is 0 Å². The van der Waals surface area contributed by atoms with E-state index < -0.39 is 0 Å². The smallest absolute Gasteiger partial charge is 0.254 e. The van der Waals surface area contributed by atoms with Crippen LogP contribution in [0.2, 0.25) is 5.02 Å². The summed E-state index contributed by atoms with van der Waals surface area (Å²) in [5.41, 5.74) is 4.29. The number of fused-ring (bicyclic) bond motifs is 1. The predicted octanol–water partition coefficient (Wildman–Crippen LogP) is 5.84. The number of amides is 1. The fraction of sp³-hybridized carbons (Fsp3) is 0.208. The zero-order valence-electron chi connectivity index (χ0n) is 16.2. The van der Waals surface area contributed by atoms with Crippen molar-refractivity contribution < 1.29 is 9.53 Å². The van der Waals surface area contributed by atoms with Gasteiger partial charge in [-0.3, -0.25) is 4.79 Å². The topological polar surface area (TPSA) is 29.5 Å². The van der Waals surface area contributed by atoms with E-state index in [1.54, 1.807) is 18.9 Å². The molecule has 1 heterocycles. The second-order valence-corrected chi connectivity index (χ2v) is 8.50. The molecule has 5 heteroatoms. The summed E-state index contributed by atoms with van der Waals surface area (Å²) in [4.78, 5) is 16.2. The van der Waals surface area contributed by atoms with Gasteiger partial charge in [-0.1, -0.05) is 35.9 Å². The lowest BCUT2D eigenvalue weighted by atomic mass is 9.99. The van der Waals surface area contributed by atoms with Gasteiger partial charge in [0.1, 0.15) is 5.75 Å². The molecule has 0 saturated carbocycles. The Hall–Kier alpha value is -2.43. The third kappa shape index (κ3) is 4.60. The summed E-state index contributed by atoms with van der Waals surface area (Å²) in [7, 11) is 1.66. The second-order valence-electron chi connectivity index (χ2n) is 7.01. The third-order valence-electron chi connectivity index (χ3n) is 5.15. The highest BCUT2D eigenvalue weighted by Gasteiger charge is 2.22. The Morgan fingerprint density at radius 1 is 1.07 bits per heavy atom. The third-order valence-corrected chi connectivity index (χ3v) is 6.47. The van der Waals surface area contributed by atoms with Gasteiger partial charge in [0.15, 0.2) is 0 Å². The fourth-order valence-corrected chi connectivity index (χ4v) is 4.57. The number of rotatable bonds is 5. The molecular weight excluding hydrogens is 402 g/mol. The van der Waals surface area contributed by atoms with Gasteiger partial charge in [-0.15, -0.1) is 11.8 Å². The van der Waals surface area contributed by atoms with Crippen molar-refractivity contribution in [2.75, 3.05) is 13.7 Å². The monoisotopic (exact) mass is 423 g/mol. The van der Waals surface area contributed by atoms with E-state index in [1.165, 1.54) is 11.1 Å². The number of hydrogen-bond donors (Lipinski definition) is 0. The quantitative estimate of drug-likeness (QED) is 0.483. The molecule has 0 N–H and O–H groups in total. The van der Waals surface area contributed by atoms with Gasteiger partial charge in [0, 0.05) is 39.9 Å². The molecule has 3 nitrogen and oxygen atoms in total. The molecule has 0 spiro atoms. The average Bonchev–Trinajstić information content (AvgIpc) is 2.77. The molecular formula is C24H22ClNO2S. The molecule has 0 atom stereocenters. The van der Waals surface area contributed by atoms with Crippen molar-refractivity contribution in [2.24, 2.45) is 0 Å². The molecule has 0 unspecified atom stereocenters. The van der Waals surface area contributed by atoms with E-state index in [0.717, 1.165) is 39.9 Å². The minimum Gasteiger partial charge on any atom is -0.496 e. The van der Waals surface area contributed by atoms with E-state index in [9.17, 15) is 4.79 Å². The standard InChI is InChI=1S/C24H22ClNO2S/c1-28-23-11-6-18(14-20(23)16-29-22-9-7-21(25)8-10-22)24(27)26-13-12-17-4-2-3-5-19(17)15-26/h2-11,14H,12-13,15-16H2,1H3. The van der Waals surface area contributed by atoms with Crippen molar-refractivity contribution in [1.82, 2.24) is 4.90 Å². The van der Waals surface area contributed by atoms with Gasteiger partial charge in [0.2, 0.25) is 0 Å². The maximum absolute atomic E-state index is 13.1. The summed E-state index contributed by atoms with van der Waals surface area (Å²) in [5, 5.41) is 0.725. The first-order valence-electron chi connectivity index (χ1n) is 9.55. The van der Waals surface area contributed by atoms with Crippen LogP contribution in [0.15, 0.2) is 71.6 Å². The van der Waals surface area contributed by atoms with Gasteiger partial charge >= 0.3 is 0 Å². The van der Waals surface area contributed by atoms with Crippen LogP contribution in [0.4, 0.5) is 0 Å². The van der Waals surface area contributed by atoms with Gasteiger partial charge in [-0.05, 0) is 60.0 Å². The minimum absolute atomic E-state index is 0.0694. The second kappa shape index (κ2) is 8.93. The normalized spacial score (nSPS) is 13.1. The lowest BCUT2D eigenvalue weighted by Crippen LogP contribution is -2.35. The van der Waals surface area contributed by atoms with E-state index in [1.807, 2.05) is 53.4 Å². The number of halogens is 1. The lowest BCUT2D eigenvalue weighted by Gasteiger charge is -2.29. The number of thioether (sulfide) groups is 1. The molecule has 3 aromatic carbocycles. The number of hydrogen-bond acceptors (Lipinski definition) is 3. The maximum atomic E-state index is 13.1. The summed E-state index contributed by atoms with van der Waals surface area (Å²) in [6.45, 7) is 1.41. The highest BCUT2D eigenvalue weighted by molar-refractivity contribution is 7.98. The molecule has 1 amide bonds.